The van der Waals surface area contributed by atoms with Crippen molar-refractivity contribution in [1.29, 1.82) is 0 Å². The van der Waals surface area contributed by atoms with E-state index in [1.54, 1.807) is 24.3 Å². The molecule has 0 atom stereocenters. The highest BCUT2D eigenvalue weighted by atomic mass is 19.1. The van der Waals surface area contributed by atoms with E-state index >= 15 is 0 Å². The van der Waals surface area contributed by atoms with Crippen LogP contribution >= 0.6 is 0 Å². The number of benzene rings is 2. The van der Waals surface area contributed by atoms with Gasteiger partial charge in [-0.15, -0.1) is 0 Å². The van der Waals surface area contributed by atoms with Crippen LogP contribution in [0.5, 0.6) is 11.5 Å². The molecule has 2 fully saturated rings. The lowest BCUT2D eigenvalue weighted by Crippen LogP contribution is -2.19. The third-order valence-electron chi connectivity index (χ3n) is 7.24. The van der Waals surface area contributed by atoms with Crippen LogP contribution in [0.15, 0.2) is 36.4 Å². The summed E-state index contributed by atoms with van der Waals surface area (Å²) in [5.74, 6) is 1.57. The van der Waals surface area contributed by atoms with Crippen LogP contribution < -0.4 is 9.47 Å². The maximum absolute atomic E-state index is 13.9. The summed E-state index contributed by atoms with van der Waals surface area (Å²) in [7, 11) is 0. The first kappa shape index (κ1) is 27.5. The monoisotopic (exact) mass is 486 g/mol. The van der Waals surface area contributed by atoms with Gasteiger partial charge < -0.3 is 9.47 Å². The van der Waals surface area contributed by atoms with Gasteiger partial charge in [-0.05, 0) is 83.7 Å². The first-order valence-corrected chi connectivity index (χ1v) is 13.3. The molecule has 0 amide bonds. The van der Waals surface area contributed by atoms with Gasteiger partial charge in [-0.25, -0.2) is 8.78 Å². The second-order valence-corrected chi connectivity index (χ2v) is 12.4. The lowest BCUT2D eigenvalue weighted by molar-refractivity contribution is 0.175. The Labute approximate surface area is 211 Å². The van der Waals surface area contributed by atoms with E-state index in [-0.39, 0.29) is 22.5 Å². The Hall–Kier alpha value is -2.10. The highest BCUT2D eigenvalue weighted by Gasteiger charge is 2.21. The second kappa shape index (κ2) is 11.8. The van der Waals surface area contributed by atoms with Gasteiger partial charge in [-0.1, -0.05) is 72.9 Å². The average Bonchev–Trinajstić information content (AvgIpc) is 3.25. The summed E-state index contributed by atoms with van der Waals surface area (Å²) in [5.41, 5.74) is 1.97. The molecule has 0 spiro atoms. The van der Waals surface area contributed by atoms with Crippen molar-refractivity contribution in [2.75, 3.05) is 13.2 Å². The van der Waals surface area contributed by atoms with Crippen LogP contribution in [0.2, 0.25) is 0 Å². The quantitative estimate of drug-likeness (QED) is 0.405. The van der Waals surface area contributed by atoms with Gasteiger partial charge in [-0.2, -0.15) is 0 Å². The molecule has 194 valence electrons. The third-order valence-corrected chi connectivity index (χ3v) is 7.24. The zero-order chi connectivity index (χ0) is 25.6. The molecule has 2 saturated carbocycles. The summed E-state index contributed by atoms with van der Waals surface area (Å²) >= 11 is 0. The van der Waals surface area contributed by atoms with Gasteiger partial charge in [0.25, 0.3) is 0 Å². The maximum Gasteiger partial charge on any atom is 0.165 e. The predicted octanol–water partition coefficient (Wildman–Crippen LogP) is 8.99. The smallest absolute Gasteiger partial charge is 0.165 e. The minimum Gasteiger partial charge on any atom is -0.490 e. The molecular formula is C31H44F2O2. The van der Waals surface area contributed by atoms with Crippen LogP contribution in [0, 0.1) is 23.5 Å². The van der Waals surface area contributed by atoms with Gasteiger partial charge in [0.15, 0.2) is 23.1 Å². The van der Waals surface area contributed by atoms with Gasteiger partial charge in [-0.3, -0.25) is 0 Å². The predicted molar refractivity (Wildman–Crippen MR) is 140 cm³/mol. The summed E-state index contributed by atoms with van der Waals surface area (Å²) in [6.07, 6.45) is 8.77. The first-order chi connectivity index (χ1) is 16.4. The average molecular weight is 487 g/mol. The number of hydrogen-bond acceptors (Lipinski definition) is 2. The zero-order valence-electron chi connectivity index (χ0n) is 22.6. The van der Waals surface area contributed by atoms with Crippen molar-refractivity contribution in [3.8, 4) is 11.5 Å². The summed E-state index contributed by atoms with van der Waals surface area (Å²) in [4.78, 5) is 0. The van der Waals surface area contributed by atoms with Crippen LogP contribution in [-0.2, 0) is 10.8 Å². The standard InChI is InChI=1S/C16H23FO.C15H21FO/c1-16(2,3)13-8-9-15(14(17)10-13)18-11-12-6-4-5-7-12;1-15(2,3)12-7-8-14(13(16)9-12)17-10-11-5-4-6-11/h8-10,12H,4-7,11H2,1-3H3;7-9,11H,4-6,10H2,1-3H3. The van der Waals surface area contributed by atoms with Crippen molar-refractivity contribution in [1.82, 2.24) is 0 Å². The van der Waals surface area contributed by atoms with Crippen molar-refractivity contribution >= 4 is 0 Å². The molecule has 0 unspecified atom stereocenters. The van der Waals surface area contributed by atoms with Gasteiger partial charge in [0.05, 0.1) is 13.2 Å². The molecule has 0 heterocycles. The molecule has 2 aromatic rings. The largest absolute Gasteiger partial charge is 0.490 e. The Bertz CT molecular complexity index is 945. The summed E-state index contributed by atoms with van der Waals surface area (Å²) in [5, 5.41) is 0. The topological polar surface area (TPSA) is 18.5 Å². The van der Waals surface area contributed by atoms with Crippen molar-refractivity contribution in [2.24, 2.45) is 11.8 Å². The van der Waals surface area contributed by atoms with Gasteiger partial charge in [0.1, 0.15) is 0 Å². The third kappa shape index (κ3) is 8.22. The maximum atomic E-state index is 13.9. The van der Waals surface area contributed by atoms with Crippen LogP contribution in [-0.4, -0.2) is 13.2 Å². The second-order valence-electron chi connectivity index (χ2n) is 12.4. The van der Waals surface area contributed by atoms with E-state index in [1.165, 1.54) is 44.9 Å². The molecule has 0 aliphatic heterocycles. The molecule has 0 saturated heterocycles. The van der Waals surface area contributed by atoms with E-state index in [1.807, 2.05) is 12.1 Å². The fourth-order valence-corrected chi connectivity index (χ4v) is 4.42. The number of hydrogen-bond donors (Lipinski definition) is 0. The molecule has 0 radical (unpaired) electrons. The van der Waals surface area contributed by atoms with Crippen LogP contribution in [0.25, 0.3) is 0 Å². The molecular weight excluding hydrogens is 442 g/mol. The lowest BCUT2D eigenvalue weighted by atomic mass is 9.86. The zero-order valence-corrected chi connectivity index (χ0v) is 22.6. The highest BCUT2D eigenvalue weighted by Crippen LogP contribution is 2.31. The Morgan fingerprint density at radius 3 is 1.29 bits per heavy atom. The summed E-state index contributed by atoms with van der Waals surface area (Å²) < 4.78 is 38.9. The number of ether oxygens (including phenoxy) is 2. The van der Waals surface area contributed by atoms with Crippen molar-refractivity contribution < 1.29 is 18.3 Å². The number of rotatable bonds is 6. The fraction of sp³-hybridized carbons (Fsp3) is 0.613. The molecule has 0 aromatic heterocycles. The minimum absolute atomic E-state index is 0.0205. The highest BCUT2D eigenvalue weighted by molar-refractivity contribution is 5.33. The minimum atomic E-state index is -0.239. The Morgan fingerprint density at radius 1 is 0.629 bits per heavy atom. The van der Waals surface area contributed by atoms with Gasteiger partial charge in [0.2, 0.25) is 0 Å². The normalized spacial score (nSPS) is 16.9. The molecule has 0 bridgehead atoms. The molecule has 4 rings (SSSR count). The van der Waals surface area contributed by atoms with Crippen LogP contribution in [0.4, 0.5) is 8.78 Å². The van der Waals surface area contributed by atoms with E-state index in [2.05, 4.69) is 41.5 Å². The van der Waals surface area contributed by atoms with E-state index in [9.17, 15) is 8.78 Å². The molecule has 35 heavy (non-hydrogen) atoms. The van der Waals surface area contributed by atoms with Crippen molar-refractivity contribution in [3.63, 3.8) is 0 Å². The van der Waals surface area contributed by atoms with Crippen LogP contribution in [0.3, 0.4) is 0 Å². The van der Waals surface area contributed by atoms with Crippen molar-refractivity contribution in [3.05, 3.63) is 59.2 Å². The molecule has 0 N–H and O–H groups in total. The van der Waals surface area contributed by atoms with Crippen molar-refractivity contribution in [2.45, 2.75) is 97.3 Å². The molecule has 4 heteroatoms. The summed E-state index contributed by atoms with van der Waals surface area (Å²) in [6.45, 7) is 13.8. The number of halogens is 2. The first-order valence-electron chi connectivity index (χ1n) is 13.3. The van der Waals surface area contributed by atoms with E-state index in [4.69, 9.17) is 9.47 Å². The molecule has 2 aliphatic rings. The van der Waals surface area contributed by atoms with Gasteiger partial charge >= 0.3 is 0 Å². The van der Waals surface area contributed by atoms with E-state index in [0.717, 1.165) is 11.1 Å². The van der Waals surface area contributed by atoms with E-state index in [0.29, 0.717) is 36.5 Å². The Kier molecular flexibility index (Phi) is 9.23. The molecule has 2 aliphatic carbocycles. The van der Waals surface area contributed by atoms with E-state index < -0.39 is 0 Å². The SMILES string of the molecule is CC(C)(C)c1ccc(OCC2CCC2)c(F)c1.CC(C)(C)c1ccc(OCC2CCCC2)c(F)c1. The molecule has 2 aromatic carbocycles. The molecule has 2 nitrogen and oxygen atoms in total. The fourth-order valence-electron chi connectivity index (χ4n) is 4.42. The van der Waals surface area contributed by atoms with Gasteiger partial charge in [0, 0.05) is 0 Å². The Balaban J connectivity index is 0.000000196. The summed E-state index contributed by atoms with van der Waals surface area (Å²) in [6, 6.07) is 10.6. The Morgan fingerprint density at radius 2 is 1.00 bits per heavy atom. The van der Waals surface area contributed by atoms with Crippen LogP contribution in [0.1, 0.15) is 97.6 Å². The lowest BCUT2D eigenvalue weighted by Gasteiger charge is -2.25.